The summed E-state index contributed by atoms with van der Waals surface area (Å²) in [7, 11) is 0. The van der Waals surface area contributed by atoms with Crippen molar-refractivity contribution in [3.05, 3.63) is 35.4 Å². The Labute approximate surface area is 117 Å². The lowest BCUT2D eigenvalue weighted by Crippen LogP contribution is -2.38. The fourth-order valence-corrected chi connectivity index (χ4v) is 3.56. The molecule has 0 saturated heterocycles. The van der Waals surface area contributed by atoms with E-state index in [4.69, 9.17) is 0 Å². The maximum absolute atomic E-state index is 3.83. The first-order valence-electron chi connectivity index (χ1n) is 7.95. The summed E-state index contributed by atoms with van der Waals surface area (Å²) in [6.07, 6.45) is 8.45. The molecule has 1 aromatic carbocycles. The van der Waals surface area contributed by atoms with Crippen LogP contribution in [0.15, 0.2) is 24.3 Å². The minimum absolute atomic E-state index is 0.646. The molecule has 2 heteroatoms. The Bertz CT molecular complexity index is 394. The molecule has 1 aliphatic carbocycles. The zero-order valence-electron chi connectivity index (χ0n) is 11.8. The zero-order valence-corrected chi connectivity index (χ0v) is 11.8. The van der Waals surface area contributed by atoms with E-state index in [1.54, 1.807) is 5.56 Å². The Morgan fingerprint density at radius 3 is 2.68 bits per heavy atom. The van der Waals surface area contributed by atoms with Crippen LogP contribution in [0.4, 0.5) is 0 Å². The van der Waals surface area contributed by atoms with E-state index in [1.807, 2.05) is 0 Å². The largest absolute Gasteiger partial charge is 0.313 e. The van der Waals surface area contributed by atoms with Crippen LogP contribution in [0.25, 0.3) is 0 Å². The van der Waals surface area contributed by atoms with Crippen molar-refractivity contribution in [2.75, 3.05) is 13.1 Å². The number of benzene rings is 1. The van der Waals surface area contributed by atoms with Crippen LogP contribution in [0.5, 0.6) is 0 Å². The minimum atomic E-state index is 0.646. The molecule has 1 atom stereocenters. The molecule has 2 nitrogen and oxygen atoms in total. The van der Waals surface area contributed by atoms with Crippen LogP contribution < -0.4 is 10.6 Å². The van der Waals surface area contributed by atoms with Gasteiger partial charge in [-0.25, -0.2) is 0 Å². The van der Waals surface area contributed by atoms with E-state index in [9.17, 15) is 0 Å². The molecule has 1 unspecified atom stereocenters. The highest BCUT2D eigenvalue weighted by Crippen LogP contribution is 2.24. The molecule has 2 N–H and O–H groups in total. The number of rotatable bonds is 3. The average Bonchev–Trinajstić information content (AvgIpc) is 2.74. The molecule has 19 heavy (non-hydrogen) atoms. The van der Waals surface area contributed by atoms with Gasteiger partial charge in [0.2, 0.25) is 0 Å². The first-order valence-corrected chi connectivity index (χ1v) is 7.95. The van der Waals surface area contributed by atoms with Crippen LogP contribution >= 0.6 is 0 Å². The highest BCUT2D eigenvalue weighted by atomic mass is 14.9. The molecule has 1 aliphatic heterocycles. The van der Waals surface area contributed by atoms with Gasteiger partial charge in [-0.1, -0.05) is 49.9 Å². The molecule has 1 fully saturated rings. The molecule has 0 bridgehead atoms. The smallest absolute Gasteiger partial charge is 0.0208 e. The van der Waals surface area contributed by atoms with Crippen molar-refractivity contribution < 1.29 is 0 Å². The summed E-state index contributed by atoms with van der Waals surface area (Å²) in [5.41, 5.74) is 3.05. The van der Waals surface area contributed by atoms with E-state index in [1.165, 1.54) is 44.1 Å². The van der Waals surface area contributed by atoms with Crippen molar-refractivity contribution in [1.82, 2.24) is 10.6 Å². The Balaban J connectivity index is 1.58. The predicted octanol–water partition coefficient (Wildman–Crippen LogP) is 3.19. The van der Waals surface area contributed by atoms with E-state index in [0.29, 0.717) is 5.92 Å². The second-order valence-corrected chi connectivity index (χ2v) is 6.12. The summed E-state index contributed by atoms with van der Waals surface area (Å²) in [4.78, 5) is 0. The molecule has 1 heterocycles. The molecule has 104 valence electrons. The number of hydrogen-bond donors (Lipinski definition) is 2. The monoisotopic (exact) mass is 258 g/mol. The second kappa shape index (κ2) is 6.53. The summed E-state index contributed by atoms with van der Waals surface area (Å²) in [6.45, 7) is 3.29. The first-order chi connectivity index (χ1) is 9.43. The van der Waals surface area contributed by atoms with Crippen molar-refractivity contribution in [2.24, 2.45) is 0 Å². The zero-order chi connectivity index (χ0) is 12.9. The lowest BCUT2D eigenvalue weighted by Gasteiger charge is -2.28. The molecule has 0 amide bonds. The van der Waals surface area contributed by atoms with Gasteiger partial charge in [0.25, 0.3) is 0 Å². The topological polar surface area (TPSA) is 24.1 Å². The SMILES string of the molecule is c1ccc2c(c1)CNCC2CNC1CCCCCC1. The molecule has 1 aromatic rings. The van der Waals surface area contributed by atoms with Crippen molar-refractivity contribution in [3.63, 3.8) is 0 Å². The van der Waals surface area contributed by atoms with Crippen LogP contribution in [0.1, 0.15) is 55.6 Å². The number of nitrogens with one attached hydrogen (secondary N) is 2. The van der Waals surface area contributed by atoms with Gasteiger partial charge in [-0.3, -0.25) is 0 Å². The Hall–Kier alpha value is -0.860. The van der Waals surface area contributed by atoms with Crippen molar-refractivity contribution in [3.8, 4) is 0 Å². The third kappa shape index (κ3) is 3.37. The van der Waals surface area contributed by atoms with Gasteiger partial charge in [0.15, 0.2) is 0 Å². The molecule has 0 spiro atoms. The van der Waals surface area contributed by atoms with Gasteiger partial charge in [-0.15, -0.1) is 0 Å². The average molecular weight is 258 g/mol. The standard InChI is InChI=1S/C17H26N2/c1-2-4-9-16(8-3-1)19-13-15-12-18-11-14-7-5-6-10-17(14)15/h5-7,10,15-16,18-19H,1-4,8-9,11-13H2. The van der Waals surface area contributed by atoms with Crippen LogP contribution in [-0.2, 0) is 6.54 Å². The molecule has 0 aromatic heterocycles. The van der Waals surface area contributed by atoms with Crippen LogP contribution in [-0.4, -0.2) is 19.1 Å². The molecular weight excluding hydrogens is 232 g/mol. The van der Waals surface area contributed by atoms with Crippen molar-refractivity contribution >= 4 is 0 Å². The molecule has 0 radical (unpaired) electrons. The lowest BCUT2D eigenvalue weighted by molar-refractivity contribution is 0.421. The summed E-state index contributed by atoms with van der Waals surface area (Å²) >= 11 is 0. The highest BCUT2D eigenvalue weighted by Gasteiger charge is 2.20. The minimum Gasteiger partial charge on any atom is -0.313 e. The maximum atomic E-state index is 3.83. The summed E-state index contributed by atoms with van der Waals surface area (Å²) in [6, 6.07) is 9.68. The van der Waals surface area contributed by atoms with Gasteiger partial charge in [-0.2, -0.15) is 0 Å². The van der Waals surface area contributed by atoms with Crippen LogP contribution in [0.2, 0.25) is 0 Å². The quantitative estimate of drug-likeness (QED) is 0.814. The Morgan fingerprint density at radius 1 is 1.05 bits per heavy atom. The van der Waals surface area contributed by atoms with Gasteiger partial charge in [0.1, 0.15) is 0 Å². The van der Waals surface area contributed by atoms with Crippen LogP contribution in [0, 0.1) is 0 Å². The number of hydrogen-bond acceptors (Lipinski definition) is 2. The summed E-state index contributed by atoms with van der Waals surface area (Å²) < 4.78 is 0. The van der Waals surface area contributed by atoms with Crippen molar-refractivity contribution in [1.29, 1.82) is 0 Å². The molecule has 2 aliphatic rings. The molecule has 3 rings (SSSR count). The van der Waals surface area contributed by atoms with Gasteiger partial charge in [0.05, 0.1) is 0 Å². The van der Waals surface area contributed by atoms with Crippen LogP contribution in [0.3, 0.4) is 0 Å². The van der Waals surface area contributed by atoms with Gasteiger partial charge in [-0.05, 0) is 24.0 Å². The number of fused-ring (bicyclic) bond motifs is 1. The normalized spacial score (nSPS) is 24.7. The van der Waals surface area contributed by atoms with Gasteiger partial charge < -0.3 is 10.6 Å². The Morgan fingerprint density at radius 2 is 1.84 bits per heavy atom. The van der Waals surface area contributed by atoms with Gasteiger partial charge in [0, 0.05) is 31.6 Å². The molecule has 1 saturated carbocycles. The first kappa shape index (κ1) is 13.1. The third-order valence-corrected chi connectivity index (χ3v) is 4.71. The lowest BCUT2D eigenvalue weighted by atomic mass is 9.90. The summed E-state index contributed by atoms with van der Waals surface area (Å²) in [5.74, 6) is 0.646. The summed E-state index contributed by atoms with van der Waals surface area (Å²) in [5, 5.41) is 7.38. The van der Waals surface area contributed by atoms with E-state index < -0.39 is 0 Å². The van der Waals surface area contributed by atoms with E-state index >= 15 is 0 Å². The maximum Gasteiger partial charge on any atom is 0.0208 e. The molecular formula is C17H26N2. The van der Waals surface area contributed by atoms with Gasteiger partial charge >= 0.3 is 0 Å². The van der Waals surface area contributed by atoms with Crippen molar-refractivity contribution in [2.45, 2.75) is 57.0 Å². The highest BCUT2D eigenvalue weighted by molar-refractivity contribution is 5.32. The fourth-order valence-electron chi connectivity index (χ4n) is 3.56. The predicted molar refractivity (Wildman–Crippen MR) is 80.4 cm³/mol. The second-order valence-electron chi connectivity index (χ2n) is 6.12. The third-order valence-electron chi connectivity index (χ3n) is 4.71. The van der Waals surface area contributed by atoms with E-state index in [-0.39, 0.29) is 0 Å². The Kier molecular flexibility index (Phi) is 4.52. The van der Waals surface area contributed by atoms with E-state index in [0.717, 1.165) is 25.7 Å². The van der Waals surface area contributed by atoms with E-state index in [2.05, 4.69) is 34.9 Å². The fraction of sp³-hybridized carbons (Fsp3) is 0.647.